The van der Waals surface area contributed by atoms with Crippen molar-refractivity contribution in [3.8, 4) is 0 Å². The van der Waals surface area contributed by atoms with Gasteiger partial charge in [0.1, 0.15) is 5.03 Å². The lowest BCUT2D eigenvalue weighted by Crippen LogP contribution is -2.10. The molecule has 0 saturated heterocycles. The summed E-state index contributed by atoms with van der Waals surface area (Å²) in [6, 6.07) is 3.28. The van der Waals surface area contributed by atoms with Crippen molar-refractivity contribution in [1.29, 1.82) is 0 Å². The van der Waals surface area contributed by atoms with Crippen LogP contribution in [0.15, 0.2) is 23.4 Å². The lowest BCUT2D eigenvalue weighted by atomic mass is 10.3. The minimum atomic E-state index is -0.872. The normalized spacial score (nSPS) is 11.9. The summed E-state index contributed by atoms with van der Waals surface area (Å²) in [4.78, 5) is 26.4. The van der Waals surface area contributed by atoms with E-state index in [0.717, 1.165) is 0 Å². The van der Waals surface area contributed by atoms with Crippen LogP contribution in [0.2, 0.25) is 0 Å². The average Bonchev–Trinajstić information content (AvgIpc) is 2.28. The van der Waals surface area contributed by atoms with Crippen LogP contribution in [0.4, 0.5) is 0 Å². The predicted molar refractivity (Wildman–Crippen MR) is 67.8 cm³/mol. The molecule has 0 fully saturated rings. The van der Waals surface area contributed by atoms with E-state index in [2.05, 4.69) is 4.98 Å². The van der Waals surface area contributed by atoms with Crippen molar-refractivity contribution in [2.45, 2.75) is 30.5 Å². The van der Waals surface area contributed by atoms with E-state index in [1.807, 2.05) is 0 Å². The molecule has 0 aliphatic carbocycles. The number of nitrogens with zero attached hydrogens (tertiary/aromatic N) is 1. The Labute approximate surface area is 110 Å². The maximum Gasteiger partial charge on any atom is 0.340 e. The highest BCUT2D eigenvalue weighted by Crippen LogP contribution is 2.26. The number of carboxylic acid groups (broad SMARTS) is 1. The Morgan fingerprint density at radius 2 is 2.28 bits per heavy atom. The smallest absolute Gasteiger partial charge is 0.340 e. The molecule has 0 amide bonds. The zero-order valence-electron chi connectivity index (χ0n) is 10.3. The quantitative estimate of drug-likeness (QED) is 0.630. The van der Waals surface area contributed by atoms with Crippen molar-refractivity contribution in [3.63, 3.8) is 0 Å². The van der Waals surface area contributed by atoms with Crippen LogP contribution in [0, 0.1) is 0 Å². The molecule has 1 N–H and O–H groups in total. The van der Waals surface area contributed by atoms with Crippen LogP contribution in [0.3, 0.4) is 0 Å². The predicted octanol–water partition coefficient (Wildman–Crippen LogP) is 2.21. The first-order valence-electron chi connectivity index (χ1n) is 5.55. The lowest BCUT2D eigenvalue weighted by molar-refractivity contribution is -0.136. The van der Waals surface area contributed by atoms with E-state index in [-0.39, 0.29) is 11.7 Å². The Kier molecular flexibility index (Phi) is 5.64. The molecule has 6 heteroatoms. The summed E-state index contributed by atoms with van der Waals surface area (Å²) in [5.41, 5.74) is 0.376. The van der Waals surface area contributed by atoms with Gasteiger partial charge in [-0.2, -0.15) is 0 Å². The molecule has 1 rings (SSSR count). The highest BCUT2D eigenvalue weighted by Gasteiger charge is 2.17. The average molecular weight is 269 g/mol. The van der Waals surface area contributed by atoms with E-state index in [1.54, 1.807) is 32.2 Å². The van der Waals surface area contributed by atoms with E-state index in [1.165, 1.54) is 11.8 Å². The highest BCUT2D eigenvalue weighted by molar-refractivity contribution is 7.99. The van der Waals surface area contributed by atoms with Crippen LogP contribution in [-0.2, 0) is 9.53 Å². The number of pyridine rings is 1. The van der Waals surface area contributed by atoms with Gasteiger partial charge in [0.05, 0.1) is 18.6 Å². The largest absolute Gasteiger partial charge is 0.481 e. The van der Waals surface area contributed by atoms with E-state index >= 15 is 0 Å². The fourth-order valence-corrected chi connectivity index (χ4v) is 2.33. The Morgan fingerprint density at radius 3 is 2.89 bits per heavy atom. The van der Waals surface area contributed by atoms with Gasteiger partial charge in [-0.1, -0.05) is 6.92 Å². The number of aliphatic carboxylic acids is 1. The summed E-state index contributed by atoms with van der Waals surface area (Å²) >= 11 is 1.26. The number of esters is 1. The molecule has 1 atom stereocenters. The number of aromatic nitrogens is 1. The number of hydrogen-bond donors (Lipinski definition) is 1. The second-order valence-corrected chi connectivity index (χ2v) is 5.03. The Balaban J connectivity index is 2.82. The number of carbonyl (C=O) groups excluding carboxylic acids is 1. The minimum Gasteiger partial charge on any atom is -0.481 e. The zero-order valence-corrected chi connectivity index (χ0v) is 11.1. The minimum absolute atomic E-state index is 0.0174. The lowest BCUT2D eigenvalue weighted by Gasteiger charge is -2.10. The van der Waals surface area contributed by atoms with Crippen LogP contribution in [0.5, 0.6) is 0 Å². The second kappa shape index (κ2) is 7.00. The van der Waals surface area contributed by atoms with Crippen LogP contribution in [0.25, 0.3) is 0 Å². The molecule has 0 bridgehead atoms. The number of carboxylic acids is 1. The van der Waals surface area contributed by atoms with Crippen LogP contribution < -0.4 is 0 Å². The van der Waals surface area contributed by atoms with Gasteiger partial charge < -0.3 is 9.84 Å². The van der Waals surface area contributed by atoms with Crippen molar-refractivity contribution in [2.75, 3.05) is 6.61 Å². The highest BCUT2D eigenvalue weighted by atomic mass is 32.2. The molecule has 18 heavy (non-hydrogen) atoms. The number of ether oxygens (including phenoxy) is 1. The maximum absolute atomic E-state index is 11.7. The van der Waals surface area contributed by atoms with Crippen molar-refractivity contribution >= 4 is 23.7 Å². The van der Waals surface area contributed by atoms with Crippen molar-refractivity contribution in [1.82, 2.24) is 4.98 Å². The van der Waals surface area contributed by atoms with Gasteiger partial charge in [0.15, 0.2) is 0 Å². The molecule has 0 aromatic carbocycles. The maximum atomic E-state index is 11.7. The van der Waals surface area contributed by atoms with Gasteiger partial charge >= 0.3 is 11.9 Å². The Bertz CT molecular complexity index is 436. The summed E-state index contributed by atoms with van der Waals surface area (Å²) in [6.45, 7) is 3.80. The number of thioether (sulfide) groups is 1. The molecule has 1 aromatic rings. The van der Waals surface area contributed by atoms with Crippen molar-refractivity contribution in [3.05, 3.63) is 23.9 Å². The molecular formula is C12H15NO4S. The zero-order chi connectivity index (χ0) is 13.5. The number of carbonyl (C=O) groups is 2. The van der Waals surface area contributed by atoms with Gasteiger partial charge in [0.2, 0.25) is 0 Å². The third kappa shape index (κ3) is 4.37. The second-order valence-electron chi connectivity index (χ2n) is 3.60. The summed E-state index contributed by atoms with van der Waals surface area (Å²) < 4.78 is 4.92. The monoisotopic (exact) mass is 269 g/mol. The standard InChI is InChI=1S/C12H15NO4S/c1-3-17-12(16)9-5-4-6-13-11(9)18-8(2)7-10(14)15/h4-6,8H,3,7H2,1-2H3,(H,14,15). The summed E-state index contributed by atoms with van der Waals surface area (Å²) in [5, 5.41) is 9.04. The van der Waals surface area contributed by atoms with Crippen LogP contribution in [0.1, 0.15) is 30.6 Å². The fraction of sp³-hybridized carbons (Fsp3) is 0.417. The third-order valence-corrected chi connectivity index (χ3v) is 3.16. The van der Waals surface area contributed by atoms with Gasteiger partial charge in [-0.25, -0.2) is 9.78 Å². The van der Waals surface area contributed by atoms with Crippen molar-refractivity contribution in [2.24, 2.45) is 0 Å². The molecule has 5 nitrogen and oxygen atoms in total. The first kappa shape index (κ1) is 14.5. The molecule has 1 unspecified atom stereocenters. The molecule has 0 saturated carbocycles. The van der Waals surface area contributed by atoms with E-state index in [4.69, 9.17) is 9.84 Å². The number of hydrogen-bond acceptors (Lipinski definition) is 5. The van der Waals surface area contributed by atoms with Crippen LogP contribution in [-0.4, -0.2) is 33.9 Å². The molecule has 0 radical (unpaired) electrons. The van der Waals surface area contributed by atoms with Crippen LogP contribution >= 0.6 is 11.8 Å². The van der Waals surface area contributed by atoms with Crippen molar-refractivity contribution < 1.29 is 19.4 Å². The van der Waals surface area contributed by atoms with Gasteiger partial charge in [-0.15, -0.1) is 11.8 Å². The van der Waals surface area contributed by atoms with Gasteiger partial charge in [0, 0.05) is 11.4 Å². The summed E-state index contributed by atoms with van der Waals surface area (Å²) in [6.07, 6.45) is 1.59. The summed E-state index contributed by atoms with van der Waals surface area (Å²) in [7, 11) is 0. The first-order chi connectivity index (χ1) is 8.54. The number of rotatable bonds is 6. The molecular weight excluding hydrogens is 254 g/mol. The molecule has 0 aliphatic rings. The first-order valence-corrected chi connectivity index (χ1v) is 6.43. The van der Waals surface area contributed by atoms with Gasteiger partial charge in [0.25, 0.3) is 0 Å². The topological polar surface area (TPSA) is 76.5 Å². The fourth-order valence-electron chi connectivity index (χ4n) is 1.33. The molecule has 1 aromatic heterocycles. The molecule has 0 aliphatic heterocycles. The summed E-state index contributed by atoms with van der Waals surface area (Å²) in [5.74, 6) is -1.31. The van der Waals surface area contributed by atoms with E-state index < -0.39 is 11.9 Å². The third-order valence-electron chi connectivity index (χ3n) is 2.04. The van der Waals surface area contributed by atoms with E-state index in [0.29, 0.717) is 17.2 Å². The molecule has 98 valence electrons. The Hall–Kier alpha value is -1.56. The van der Waals surface area contributed by atoms with Gasteiger partial charge in [-0.05, 0) is 19.1 Å². The van der Waals surface area contributed by atoms with E-state index in [9.17, 15) is 9.59 Å². The van der Waals surface area contributed by atoms with Gasteiger partial charge in [-0.3, -0.25) is 4.79 Å². The SMILES string of the molecule is CCOC(=O)c1cccnc1SC(C)CC(=O)O. The molecule has 1 heterocycles. The molecule has 0 spiro atoms. The Morgan fingerprint density at radius 1 is 1.56 bits per heavy atom.